The molecule has 29 heavy (non-hydrogen) atoms. The van der Waals surface area contributed by atoms with Gasteiger partial charge in [-0.1, -0.05) is 51.9 Å². The minimum atomic E-state index is -4.31. The van der Waals surface area contributed by atoms with Crippen molar-refractivity contribution in [3.05, 3.63) is 35.8 Å². The summed E-state index contributed by atoms with van der Waals surface area (Å²) in [7, 11) is 0. The van der Waals surface area contributed by atoms with Crippen LogP contribution in [0.1, 0.15) is 74.3 Å². The molecule has 0 spiro atoms. The number of anilines is 1. The lowest BCUT2D eigenvalue weighted by atomic mass is 10.1. The number of carboxylic acid groups (broad SMARTS) is 1. The molecule has 0 unspecified atom stereocenters. The molecule has 0 fully saturated rings. The van der Waals surface area contributed by atoms with Gasteiger partial charge in [-0.25, -0.2) is 9.78 Å². The number of carbonyl (C=O) groups is 1. The molecule has 0 amide bonds. The van der Waals surface area contributed by atoms with E-state index >= 15 is 0 Å². The average molecular weight is 415 g/mol. The van der Waals surface area contributed by atoms with E-state index in [0.29, 0.717) is 12.4 Å². The van der Waals surface area contributed by atoms with Crippen molar-refractivity contribution in [1.82, 2.24) is 20.4 Å². The number of aromatic amines is 1. The van der Waals surface area contributed by atoms with Gasteiger partial charge in [-0.05, 0) is 18.6 Å². The monoisotopic (exact) mass is 415 g/mol. The fourth-order valence-electron chi connectivity index (χ4n) is 2.48. The molecule has 0 atom stereocenters. The number of nitrogens with one attached hydrogen (secondary N) is 2. The molecular weight excluding hydrogens is 387 g/mol. The van der Waals surface area contributed by atoms with E-state index in [2.05, 4.69) is 32.6 Å². The number of aromatic carboxylic acids is 1. The Hall–Kier alpha value is -2.65. The zero-order valence-corrected chi connectivity index (χ0v) is 16.5. The fourth-order valence-corrected chi connectivity index (χ4v) is 2.48. The predicted molar refractivity (Wildman–Crippen MR) is 104 cm³/mol. The molecule has 2 aromatic heterocycles. The van der Waals surface area contributed by atoms with Gasteiger partial charge in [0.15, 0.2) is 5.69 Å². The molecule has 0 aliphatic rings. The summed E-state index contributed by atoms with van der Waals surface area (Å²) in [6, 6.07) is 2.05. The second-order valence-electron chi connectivity index (χ2n) is 6.49. The van der Waals surface area contributed by atoms with Crippen LogP contribution < -0.4 is 5.32 Å². The van der Waals surface area contributed by atoms with E-state index in [-0.39, 0.29) is 5.69 Å². The SMILES string of the molecule is CCCCCCCCCCNc1cc(C(F)(F)F)ccn1.O=C(O)c1cn[nH]n1. The van der Waals surface area contributed by atoms with Crippen LogP contribution in [0, 0.1) is 0 Å². The first-order valence-corrected chi connectivity index (χ1v) is 9.70. The zero-order chi connectivity index (χ0) is 21.5. The molecule has 10 heteroatoms. The highest BCUT2D eigenvalue weighted by molar-refractivity contribution is 5.84. The maximum atomic E-state index is 12.5. The summed E-state index contributed by atoms with van der Waals surface area (Å²) >= 11 is 0. The number of nitrogens with zero attached hydrogens (tertiary/aromatic N) is 3. The first-order chi connectivity index (χ1) is 13.8. The smallest absolute Gasteiger partial charge is 0.416 e. The Morgan fingerprint density at radius 3 is 2.31 bits per heavy atom. The maximum absolute atomic E-state index is 12.5. The third-order valence-electron chi connectivity index (χ3n) is 4.06. The highest BCUT2D eigenvalue weighted by Crippen LogP contribution is 2.29. The molecule has 0 bridgehead atoms. The quantitative estimate of drug-likeness (QED) is 0.438. The lowest BCUT2D eigenvalue weighted by molar-refractivity contribution is -0.137. The topological polar surface area (TPSA) is 104 Å². The summed E-state index contributed by atoms with van der Waals surface area (Å²) in [5.74, 6) is -0.772. The van der Waals surface area contributed by atoms with E-state index in [1.807, 2.05) is 0 Å². The number of halogens is 3. The van der Waals surface area contributed by atoms with E-state index in [9.17, 15) is 18.0 Å². The van der Waals surface area contributed by atoms with Gasteiger partial charge in [0.2, 0.25) is 0 Å². The standard InChI is InChI=1S/C16H25F3N2.C3H3N3O2/c1-2-3-4-5-6-7-8-9-11-20-15-13-14(10-12-21-15)16(17,18)19;7-3(8)2-1-4-6-5-2/h10,12-13H,2-9,11H2,1H3,(H,20,21);1H,(H,7,8)(H,4,5,6). The molecule has 162 valence electrons. The number of alkyl halides is 3. The second kappa shape index (κ2) is 13.5. The van der Waals surface area contributed by atoms with E-state index in [1.165, 1.54) is 44.7 Å². The largest absolute Gasteiger partial charge is 0.476 e. The van der Waals surface area contributed by atoms with Crippen molar-refractivity contribution in [2.45, 2.75) is 64.5 Å². The van der Waals surface area contributed by atoms with Crippen LogP contribution in [0.4, 0.5) is 19.0 Å². The van der Waals surface area contributed by atoms with Crippen LogP contribution in [-0.2, 0) is 6.18 Å². The van der Waals surface area contributed by atoms with Gasteiger partial charge >= 0.3 is 12.1 Å². The van der Waals surface area contributed by atoms with Crippen molar-refractivity contribution in [2.24, 2.45) is 0 Å². The minimum Gasteiger partial charge on any atom is -0.476 e. The first-order valence-electron chi connectivity index (χ1n) is 9.70. The number of H-pyrrole nitrogens is 1. The molecule has 0 saturated heterocycles. The molecule has 0 aliphatic carbocycles. The van der Waals surface area contributed by atoms with Crippen molar-refractivity contribution in [3.63, 3.8) is 0 Å². The van der Waals surface area contributed by atoms with Gasteiger partial charge in [0.1, 0.15) is 5.82 Å². The summed E-state index contributed by atoms with van der Waals surface area (Å²) in [5.41, 5.74) is -0.721. The van der Waals surface area contributed by atoms with Gasteiger partial charge in [-0.3, -0.25) is 0 Å². The highest BCUT2D eigenvalue weighted by Gasteiger charge is 2.30. The Morgan fingerprint density at radius 1 is 1.14 bits per heavy atom. The lowest BCUT2D eigenvalue weighted by Gasteiger charge is -2.09. The van der Waals surface area contributed by atoms with Crippen molar-refractivity contribution < 1.29 is 23.1 Å². The maximum Gasteiger partial charge on any atom is 0.416 e. The van der Waals surface area contributed by atoms with E-state index in [4.69, 9.17) is 5.11 Å². The van der Waals surface area contributed by atoms with Crippen molar-refractivity contribution in [2.75, 3.05) is 11.9 Å². The van der Waals surface area contributed by atoms with Crippen LogP contribution in [0.5, 0.6) is 0 Å². The van der Waals surface area contributed by atoms with Gasteiger partial charge in [0.25, 0.3) is 0 Å². The van der Waals surface area contributed by atoms with Gasteiger partial charge in [-0.15, -0.1) is 5.10 Å². The Balaban J connectivity index is 0.000000436. The Kier molecular flexibility index (Phi) is 11.4. The molecule has 0 radical (unpaired) electrons. The number of pyridine rings is 1. The van der Waals surface area contributed by atoms with Gasteiger partial charge in [0, 0.05) is 12.7 Å². The predicted octanol–water partition coefficient (Wildman–Crippen LogP) is 5.16. The third-order valence-corrected chi connectivity index (χ3v) is 4.06. The number of hydrogen-bond donors (Lipinski definition) is 3. The average Bonchev–Trinajstić information content (AvgIpc) is 3.22. The van der Waals surface area contributed by atoms with E-state index in [1.54, 1.807) is 0 Å². The lowest BCUT2D eigenvalue weighted by Crippen LogP contribution is -2.08. The molecule has 0 aromatic carbocycles. The Labute approximate surface area is 168 Å². The first kappa shape index (κ1) is 24.4. The van der Waals surface area contributed by atoms with Gasteiger partial charge in [0.05, 0.1) is 11.8 Å². The van der Waals surface area contributed by atoms with Crippen LogP contribution >= 0.6 is 0 Å². The van der Waals surface area contributed by atoms with E-state index < -0.39 is 17.7 Å². The Morgan fingerprint density at radius 2 is 1.79 bits per heavy atom. The van der Waals surface area contributed by atoms with Crippen LogP contribution in [0.2, 0.25) is 0 Å². The molecule has 0 aliphatic heterocycles. The highest BCUT2D eigenvalue weighted by atomic mass is 19.4. The molecule has 7 nitrogen and oxygen atoms in total. The Bertz CT molecular complexity index is 693. The second-order valence-corrected chi connectivity index (χ2v) is 6.49. The molecule has 2 rings (SSSR count). The minimum absolute atomic E-state index is 0.0648. The third kappa shape index (κ3) is 11.1. The van der Waals surface area contributed by atoms with Gasteiger partial charge in [-0.2, -0.15) is 23.5 Å². The van der Waals surface area contributed by atoms with Crippen LogP contribution in [0.15, 0.2) is 24.5 Å². The summed E-state index contributed by atoms with van der Waals surface area (Å²) in [5, 5.41) is 19.8. The summed E-state index contributed by atoms with van der Waals surface area (Å²) in [6.07, 6.45) is 7.71. The van der Waals surface area contributed by atoms with E-state index in [0.717, 1.165) is 31.2 Å². The molecule has 2 aromatic rings. The van der Waals surface area contributed by atoms with Crippen molar-refractivity contribution >= 4 is 11.8 Å². The zero-order valence-electron chi connectivity index (χ0n) is 16.5. The van der Waals surface area contributed by atoms with Crippen LogP contribution in [-0.4, -0.2) is 38.0 Å². The fraction of sp³-hybridized carbons (Fsp3) is 0.579. The molecule has 2 heterocycles. The number of rotatable bonds is 11. The van der Waals surface area contributed by atoms with Gasteiger partial charge < -0.3 is 10.4 Å². The summed E-state index contributed by atoms with van der Waals surface area (Å²) in [6.45, 7) is 2.87. The number of aromatic nitrogens is 4. The normalized spacial score (nSPS) is 10.9. The number of hydrogen-bond acceptors (Lipinski definition) is 5. The van der Waals surface area contributed by atoms with Crippen molar-refractivity contribution in [1.29, 1.82) is 0 Å². The molecule has 3 N–H and O–H groups in total. The summed E-state index contributed by atoms with van der Waals surface area (Å²) in [4.78, 5) is 13.8. The number of unbranched alkanes of at least 4 members (excludes halogenated alkanes) is 7. The number of carboxylic acids is 1. The molecule has 0 saturated carbocycles. The van der Waals surface area contributed by atoms with Crippen LogP contribution in [0.3, 0.4) is 0 Å². The molecular formula is C19H28F3N5O2. The summed E-state index contributed by atoms with van der Waals surface area (Å²) < 4.78 is 37.6. The van der Waals surface area contributed by atoms with Crippen LogP contribution in [0.25, 0.3) is 0 Å². The van der Waals surface area contributed by atoms with Crippen molar-refractivity contribution in [3.8, 4) is 0 Å².